The predicted octanol–water partition coefficient (Wildman–Crippen LogP) is 5.13. The zero-order valence-electron chi connectivity index (χ0n) is 17.6. The van der Waals surface area contributed by atoms with Gasteiger partial charge < -0.3 is 10.2 Å². The lowest BCUT2D eigenvalue weighted by Crippen LogP contribution is -2.31. The van der Waals surface area contributed by atoms with E-state index in [1.165, 1.54) is 12.1 Å². The molecule has 2 aromatic rings. The Morgan fingerprint density at radius 1 is 1.26 bits per heavy atom. The van der Waals surface area contributed by atoms with Crippen LogP contribution in [0.5, 0.6) is 0 Å². The molecule has 2 atom stereocenters. The average Bonchev–Trinajstić information content (AvgIpc) is 3.40. The third-order valence-electron chi connectivity index (χ3n) is 5.51. The van der Waals surface area contributed by atoms with Crippen molar-refractivity contribution in [2.45, 2.75) is 52.3 Å². The van der Waals surface area contributed by atoms with Gasteiger partial charge in [0.2, 0.25) is 5.91 Å². The van der Waals surface area contributed by atoms with Gasteiger partial charge in [-0.05, 0) is 29.9 Å². The number of nitrogens with zero attached hydrogens (tertiary/aromatic N) is 3. The molecule has 2 aliphatic rings. The van der Waals surface area contributed by atoms with E-state index < -0.39 is 17.6 Å². The minimum atomic E-state index is -4.44. The van der Waals surface area contributed by atoms with E-state index in [-0.39, 0.29) is 36.0 Å². The van der Waals surface area contributed by atoms with Crippen molar-refractivity contribution in [3.63, 3.8) is 0 Å². The molecule has 1 aliphatic carbocycles. The van der Waals surface area contributed by atoms with Gasteiger partial charge in [-0.15, -0.1) is 0 Å². The summed E-state index contributed by atoms with van der Waals surface area (Å²) in [4.78, 5) is 22.5. The van der Waals surface area contributed by atoms with E-state index in [0.29, 0.717) is 23.8 Å². The number of nitrogens with one attached hydrogen (secondary N) is 1. The normalized spacial score (nSPS) is 20.2. The number of alkyl halides is 3. The van der Waals surface area contributed by atoms with Crippen LogP contribution < -0.4 is 10.2 Å². The Hall–Kier alpha value is -2.71. The molecule has 2 aromatic heterocycles. The summed E-state index contributed by atoms with van der Waals surface area (Å²) in [6.07, 6.45) is -2.47. The Labute approximate surface area is 177 Å². The molecule has 0 radical (unpaired) electrons. The van der Waals surface area contributed by atoms with Crippen molar-refractivity contribution in [2.24, 2.45) is 11.3 Å². The van der Waals surface area contributed by atoms with Gasteiger partial charge in [-0.1, -0.05) is 20.8 Å². The zero-order chi connectivity index (χ0) is 22.6. The molecule has 31 heavy (non-hydrogen) atoms. The molecule has 1 fully saturated rings. The van der Waals surface area contributed by atoms with Gasteiger partial charge in [0.25, 0.3) is 0 Å². The number of rotatable bonds is 4. The van der Waals surface area contributed by atoms with Crippen molar-refractivity contribution in [1.29, 1.82) is 0 Å². The highest BCUT2D eigenvalue weighted by Gasteiger charge is 2.47. The first-order valence-electron chi connectivity index (χ1n) is 10.2. The minimum absolute atomic E-state index is 0.0758. The van der Waals surface area contributed by atoms with Gasteiger partial charge in [0, 0.05) is 31.1 Å². The third-order valence-corrected chi connectivity index (χ3v) is 5.51. The first-order chi connectivity index (χ1) is 14.4. The van der Waals surface area contributed by atoms with Gasteiger partial charge in [-0.2, -0.15) is 13.2 Å². The van der Waals surface area contributed by atoms with E-state index in [9.17, 15) is 22.4 Å². The molecule has 1 N–H and O–H groups in total. The van der Waals surface area contributed by atoms with E-state index in [2.05, 4.69) is 15.3 Å². The Morgan fingerprint density at radius 3 is 2.61 bits per heavy atom. The van der Waals surface area contributed by atoms with Crippen LogP contribution in [0.4, 0.5) is 29.1 Å². The largest absolute Gasteiger partial charge is 0.417 e. The lowest BCUT2D eigenvalue weighted by molar-refractivity contribution is -0.137. The fourth-order valence-electron chi connectivity index (χ4n) is 3.96. The highest BCUT2D eigenvalue weighted by molar-refractivity contribution is 5.90. The molecule has 0 spiro atoms. The fourth-order valence-corrected chi connectivity index (χ4v) is 3.96. The van der Waals surface area contributed by atoms with E-state index in [0.717, 1.165) is 24.4 Å². The summed E-state index contributed by atoms with van der Waals surface area (Å²) >= 11 is 0. The number of pyridine rings is 2. The molecule has 1 amide bonds. The van der Waals surface area contributed by atoms with Crippen molar-refractivity contribution < 1.29 is 22.4 Å². The van der Waals surface area contributed by atoms with Crippen LogP contribution >= 0.6 is 0 Å². The lowest BCUT2D eigenvalue weighted by Gasteiger charge is -2.30. The predicted molar refractivity (Wildman–Crippen MR) is 108 cm³/mol. The number of halogens is 4. The molecule has 9 heteroatoms. The average molecular weight is 436 g/mol. The third kappa shape index (κ3) is 4.80. The second kappa shape index (κ2) is 7.46. The van der Waals surface area contributed by atoms with Crippen molar-refractivity contribution in [3.8, 4) is 0 Å². The molecule has 166 valence electrons. The molecule has 0 saturated heterocycles. The van der Waals surface area contributed by atoms with Gasteiger partial charge in [-0.25, -0.2) is 9.37 Å². The Kier molecular flexibility index (Phi) is 5.18. The summed E-state index contributed by atoms with van der Waals surface area (Å²) in [6, 6.07) is 3.69. The number of carbonyl (C=O) groups is 1. The standard InChI is InChI=1S/C22H24F4N4O/c1-21(2,3)8-18(31)28-20-16(23)7-17-19(29-20)15-6-12(15)10-30(17)11-14-5-4-13(9-27-14)22(24,25)26/h4-5,7,9,12,15H,6,8,10-11H2,1-3H3,(H,28,29,31)/t12-,15-/m0/s1. The SMILES string of the molecule is CC(C)(C)CC(=O)Nc1nc2c(cc1F)N(Cc1ccc(C(F)(F)F)cn1)C[C@@H]1C[C@H]21. The number of anilines is 2. The lowest BCUT2D eigenvalue weighted by atomic mass is 9.92. The summed E-state index contributed by atoms with van der Waals surface area (Å²) in [5.41, 5.74) is 0.742. The van der Waals surface area contributed by atoms with Gasteiger partial charge in [0.15, 0.2) is 11.6 Å². The second-order valence-electron chi connectivity index (χ2n) is 9.53. The van der Waals surface area contributed by atoms with Crippen LogP contribution in [0, 0.1) is 17.2 Å². The summed E-state index contributed by atoms with van der Waals surface area (Å²) < 4.78 is 53.1. The molecule has 4 rings (SSSR count). The van der Waals surface area contributed by atoms with Crippen molar-refractivity contribution in [3.05, 3.63) is 47.2 Å². The van der Waals surface area contributed by atoms with E-state index in [1.807, 2.05) is 25.7 Å². The van der Waals surface area contributed by atoms with Crippen molar-refractivity contribution >= 4 is 17.4 Å². The monoisotopic (exact) mass is 436 g/mol. The zero-order valence-corrected chi connectivity index (χ0v) is 17.6. The summed E-state index contributed by atoms with van der Waals surface area (Å²) in [5.74, 6) is -0.435. The molecule has 0 aromatic carbocycles. The summed E-state index contributed by atoms with van der Waals surface area (Å²) in [6.45, 7) is 6.68. The molecule has 1 aliphatic heterocycles. The molecule has 5 nitrogen and oxygen atoms in total. The van der Waals surface area contributed by atoms with Crippen LogP contribution in [0.25, 0.3) is 0 Å². The number of hydrogen-bond donors (Lipinski definition) is 1. The molecule has 0 bridgehead atoms. The van der Waals surface area contributed by atoms with E-state index in [1.54, 1.807) is 0 Å². The fraction of sp³-hybridized carbons (Fsp3) is 0.500. The van der Waals surface area contributed by atoms with Crippen LogP contribution in [0.3, 0.4) is 0 Å². The number of carbonyl (C=O) groups excluding carboxylic acids is 1. The number of fused-ring (bicyclic) bond motifs is 3. The molecule has 0 unspecified atom stereocenters. The quantitative estimate of drug-likeness (QED) is 0.675. The topological polar surface area (TPSA) is 58.1 Å². The van der Waals surface area contributed by atoms with Gasteiger partial charge in [0.05, 0.1) is 29.2 Å². The highest BCUT2D eigenvalue weighted by atomic mass is 19.4. The van der Waals surface area contributed by atoms with E-state index in [4.69, 9.17) is 0 Å². The Morgan fingerprint density at radius 2 is 2.00 bits per heavy atom. The number of aromatic nitrogens is 2. The maximum atomic E-state index is 14.8. The van der Waals surface area contributed by atoms with Crippen molar-refractivity contribution in [1.82, 2.24) is 9.97 Å². The smallest absolute Gasteiger partial charge is 0.364 e. The first-order valence-corrected chi connectivity index (χ1v) is 10.2. The number of amides is 1. The maximum absolute atomic E-state index is 14.8. The summed E-state index contributed by atoms with van der Waals surface area (Å²) in [5, 5.41) is 2.58. The molecule has 1 saturated carbocycles. The first kappa shape index (κ1) is 21.5. The Balaban J connectivity index is 1.55. The molecular formula is C22H24F4N4O. The van der Waals surface area contributed by atoms with Gasteiger partial charge in [0.1, 0.15) is 0 Å². The van der Waals surface area contributed by atoms with Crippen LogP contribution in [0.1, 0.15) is 56.5 Å². The second-order valence-corrected chi connectivity index (χ2v) is 9.53. The molecular weight excluding hydrogens is 412 g/mol. The maximum Gasteiger partial charge on any atom is 0.417 e. The van der Waals surface area contributed by atoms with Crippen LogP contribution in [0.15, 0.2) is 24.4 Å². The minimum Gasteiger partial charge on any atom is -0.364 e. The summed E-state index contributed by atoms with van der Waals surface area (Å²) in [7, 11) is 0. The van der Waals surface area contributed by atoms with Gasteiger partial charge in [-0.3, -0.25) is 9.78 Å². The molecule has 3 heterocycles. The number of hydrogen-bond acceptors (Lipinski definition) is 4. The highest BCUT2D eigenvalue weighted by Crippen LogP contribution is 2.54. The van der Waals surface area contributed by atoms with Crippen LogP contribution in [-0.2, 0) is 17.5 Å². The Bertz CT molecular complexity index is 998. The van der Waals surface area contributed by atoms with E-state index >= 15 is 0 Å². The van der Waals surface area contributed by atoms with Gasteiger partial charge >= 0.3 is 6.18 Å². The van der Waals surface area contributed by atoms with Crippen molar-refractivity contribution in [2.75, 3.05) is 16.8 Å². The van der Waals surface area contributed by atoms with Crippen LogP contribution in [0.2, 0.25) is 0 Å². The van der Waals surface area contributed by atoms with Crippen LogP contribution in [-0.4, -0.2) is 22.4 Å².